The third kappa shape index (κ3) is 2.93. The Labute approximate surface area is 111 Å². The quantitative estimate of drug-likeness (QED) is 0.818. The molecular formula is C12H14N2O4S. The lowest BCUT2D eigenvalue weighted by Gasteiger charge is -2.28. The Hall–Kier alpha value is -1.89. The second-order valence-corrected chi connectivity index (χ2v) is 6.25. The molecule has 19 heavy (non-hydrogen) atoms. The van der Waals surface area contributed by atoms with Crippen molar-refractivity contribution in [3.63, 3.8) is 0 Å². The highest BCUT2D eigenvalue weighted by molar-refractivity contribution is 7.92. The number of hydrogen-bond donors (Lipinski definition) is 1. The molecule has 0 aliphatic carbocycles. The zero-order chi connectivity index (χ0) is 13.9. The first-order chi connectivity index (χ1) is 9.04. The van der Waals surface area contributed by atoms with Gasteiger partial charge in [0.25, 0.3) is 5.91 Å². The van der Waals surface area contributed by atoms with Crippen LogP contribution in [0.3, 0.4) is 0 Å². The van der Waals surface area contributed by atoms with Crippen molar-refractivity contribution in [1.29, 1.82) is 0 Å². The summed E-state index contributed by atoms with van der Waals surface area (Å²) in [6.07, 6.45) is 1.75. The third-order valence-electron chi connectivity index (χ3n) is 2.94. The molecule has 1 aromatic rings. The molecule has 1 aromatic carbocycles. The van der Waals surface area contributed by atoms with Gasteiger partial charge >= 0.3 is 0 Å². The van der Waals surface area contributed by atoms with Crippen LogP contribution in [-0.2, 0) is 14.8 Å². The molecule has 1 fully saturated rings. The fourth-order valence-corrected chi connectivity index (χ4v) is 3.65. The number of carbonyl (C=O) groups is 2. The summed E-state index contributed by atoms with van der Waals surface area (Å²) in [5, 5.41) is 2.03. The average Bonchev–Trinajstić information content (AvgIpc) is 2.38. The van der Waals surface area contributed by atoms with Crippen molar-refractivity contribution in [1.82, 2.24) is 5.32 Å². The van der Waals surface area contributed by atoms with Gasteiger partial charge in [0.2, 0.25) is 16.4 Å². The van der Waals surface area contributed by atoms with E-state index in [1.54, 1.807) is 12.1 Å². The van der Waals surface area contributed by atoms with Gasteiger partial charge < -0.3 is 0 Å². The number of sulfonamides is 1. The van der Waals surface area contributed by atoms with Gasteiger partial charge in [-0.1, -0.05) is 6.07 Å². The summed E-state index contributed by atoms with van der Waals surface area (Å²) in [6.45, 7) is 0.418. The first-order valence-corrected chi connectivity index (χ1v) is 7.50. The van der Waals surface area contributed by atoms with Crippen LogP contribution in [0.2, 0.25) is 0 Å². The minimum atomic E-state index is -3.30. The van der Waals surface area contributed by atoms with Crippen molar-refractivity contribution >= 4 is 28.0 Å². The molecule has 1 N–H and O–H groups in total. The Kier molecular flexibility index (Phi) is 3.84. The number of anilines is 1. The second-order valence-electron chi connectivity index (χ2n) is 4.24. The van der Waals surface area contributed by atoms with E-state index in [1.165, 1.54) is 16.4 Å². The van der Waals surface area contributed by atoms with Gasteiger partial charge in [0.05, 0.1) is 11.4 Å². The molecule has 1 saturated heterocycles. The van der Waals surface area contributed by atoms with Gasteiger partial charge in [0.15, 0.2) is 0 Å². The summed E-state index contributed by atoms with van der Waals surface area (Å²) in [7, 11) is -3.30. The Bertz CT molecular complexity index is 598. The van der Waals surface area contributed by atoms with E-state index in [1.807, 2.05) is 5.32 Å². The molecule has 2 amide bonds. The van der Waals surface area contributed by atoms with E-state index in [0.717, 1.165) is 6.42 Å². The van der Waals surface area contributed by atoms with Crippen molar-refractivity contribution < 1.29 is 18.0 Å². The Balaban J connectivity index is 2.32. The summed E-state index contributed by atoms with van der Waals surface area (Å²) in [5.41, 5.74) is 0.712. The van der Waals surface area contributed by atoms with Crippen molar-refractivity contribution in [3.05, 3.63) is 29.8 Å². The van der Waals surface area contributed by atoms with Gasteiger partial charge in [0.1, 0.15) is 0 Å². The van der Waals surface area contributed by atoms with Gasteiger partial charge in [0, 0.05) is 12.1 Å². The van der Waals surface area contributed by atoms with Crippen LogP contribution in [0.1, 0.15) is 23.2 Å². The van der Waals surface area contributed by atoms with Crippen LogP contribution >= 0.6 is 0 Å². The van der Waals surface area contributed by atoms with E-state index in [4.69, 9.17) is 0 Å². The molecule has 0 radical (unpaired) electrons. The van der Waals surface area contributed by atoms with Crippen LogP contribution < -0.4 is 9.62 Å². The Morgan fingerprint density at radius 2 is 2.11 bits per heavy atom. The van der Waals surface area contributed by atoms with E-state index < -0.39 is 15.9 Å². The molecule has 1 aliphatic heterocycles. The molecule has 0 unspecified atom stereocenters. The highest BCUT2D eigenvalue weighted by atomic mass is 32.2. The summed E-state index contributed by atoms with van der Waals surface area (Å²) in [5.74, 6) is -0.427. The number of nitrogens with one attached hydrogen (secondary N) is 1. The Morgan fingerprint density at radius 1 is 1.32 bits per heavy atom. The molecule has 0 aromatic heterocycles. The summed E-state index contributed by atoms with van der Waals surface area (Å²) >= 11 is 0. The zero-order valence-corrected chi connectivity index (χ0v) is 11.0. The Morgan fingerprint density at radius 3 is 2.79 bits per heavy atom. The van der Waals surface area contributed by atoms with E-state index >= 15 is 0 Å². The molecule has 2 rings (SSSR count). The molecule has 1 heterocycles. The van der Waals surface area contributed by atoms with Crippen LogP contribution in [0.4, 0.5) is 5.69 Å². The van der Waals surface area contributed by atoms with Crippen LogP contribution in [0.25, 0.3) is 0 Å². The number of carbonyl (C=O) groups excluding carboxylic acids is 2. The van der Waals surface area contributed by atoms with Gasteiger partial charge in [-0.2, -0.15) is 0 Å². The molecule has 6 nitrogen and oxygen atoms in total. The van der Waals surface area contributed by atoms with Crippen molar-refractivity contribution in [3.8, 4) is 0 Å². The number of hydrogen-bond acceptors (Lipinski definition) is 4. The van der Waals surface area contributed by atoms with Crippen LogP contribution in [0.15, 0.2) is 24.3 Å². The molecule has 0 saturated carbocycles. The first-order valence-electron chi connectivity index (χ1n) is 5.89. The molecule has 0 spiro atoms. The lowest BCUT2D eigenvalue weighted by atomic mass is 10.2. The number of nitrogens with zero attached hydrogens (tertiary/aromatic N) is 1. The van der Waals surface area contributed by atoms with E-state index in [2.05, 4.69) is 0 Å². The molecule has 0 atom stereocenters. The fraction of sp³-hybridized carbons (Fsp3) is 0.333. The smallest absolute Gasteiger partial charge is 0.257 e. The lowest BCUT2D eigenvalue weighted by Crippen LogP contribution is -2.38. The van der Waals surface area contributed by atoms with Gasteiger partial charge in [-0.25, -0.2) is 8.42 Å². The minimum Gasteiger partial charge on any atom is -0.295 e. The van der Waals surface area contributed by atoms with Gasteiger partial charge in [-0.3, -0.25) is 19.2 Å². The SMILES string of the molecule is O=CNC(=O)c1cccc(N2CCCCS2(=O)=O)c1. The molecule has 1 aliphatic rings. The van der Waals surface area contributed by atoms with Crippen molar-refractivity contribution in [2.45, 2.75) is 12.8 Å². The maximum Gasteiger partial charge on any atom is 0.257 e. The van der Waals surface area contributed by atoms with Crippen molar-refractivity contribution in [2.75, 3.05) is 16.6 Å². The lowest BCUT2D eigenvalue weighted by molar-refractivity contribution is -0.108. The number of benzene rings is 1. The third-order valence-corrected chi connectivity index (χ3v) is 4.81. The summed E-state index contributed by atoms with van der Waals surface area (Å²) in [4.78, 5) is 21.8. The maximum absolute atomic E-state index is 12.0. The van der Waals surface area contributed by atoms with Crippen LogP contribution in [-0.4, -0.2) is 33.0 Å². The first kappa shape index (κ1) is 13.5. The number of rotatable bonds is 3. The highest BCUT2D eigenvalue weighted by Crippen LogP contribution is 2.24. The monoisotopic (exact) mass is 282 g/mol. The highest BCUT2D eigenvalue weighted by Gasteiger charge is 2.26. The second kappa shape index (κ2) is 5.40. The molecule has 7 heteroatoms. The van der Waals surface area contributed by atoms with Gasteiger partial charge in [-0.05, 0) is 31.0 Å². The molecular weight excluding hydrogens is 268 g/mol. The normalized spacial score (nSPS) is 17.8. The number of imide groups is 1. The standard InChI is InChI=1S/C12H14N2O4S/c15-9-13-12(16)10-4-3-5-11(8-10)14-6-1-2-7-19(14,17)18/h3-5,8-9H,1-2,6-7H2,(H,13,15,16). The van der Waals surface area contributed by atoms with Crippen LogP contribution in [0.5, 0.6) is 0 Å². The van der Waals surface area contributed by atoms with Gasteiger partial charge in [-0.15, -0.1) is 0 Å². The largest absolute Gasteiger partial charge is 0.295 e. The fourth-order valence-electron chi connectivity index (χ4n) is 2.02. The topological polar surface area (TPSA) is 83.6 Å². The minimum absolute atomic E-state index is 0.123. The maximum atomic E-state index is 12.0. The predicted molar refractivity (Wildman–Crippen MR) is 70.3 cm³/mol. The predicted octanol–water partition coefficient (Wildman–Crippen LogP) is 0.503. The summed E-state index contributed by atoms with van der Waals surface area (Å²) < 4.78 is 25.2. The van der Waals surface area contributed by atoms with Crippen molar-refractivity contribution in [2.24, 2.45) is 0 Å². The zero-order valence-electron chi connectivity index (χ0n) is 10.2. The van der Waals surface area contributed by atoms with E-state index in [0.29, 0.717) is 25.1 Å². The van der Waals surface area contributed by atoms with E-state index in [-0.39, 0.29) is 11.3 Å². The average molecular weight is 282 g/mol. The summed E-state index contributed by atoms with van der Waals surface area (Å²) in [6, 6.07) is 6.24. The molecule has 0 bridgehead atoms. The van der Waals surface area contributed by atoms with E-state index in [9.17, 15) is 18.0 Å². The van der Waals surface area contributed by atoms with Crippen LogP contribution in [0, 0.1) is 0 Å². The molecule has 102 valence electrons. The number of amides is 2.